The number of rotatable bonds is 5. The predicted molar refractivity (Wildman–Crippen MR) is 71.7 cm³/mol. The highest BCUT2D eigenvalue weighted by Crippen LogP contribution is 2.42. The highest BCUT2D eigenvalue weighted by molar-refractivity contribution is 5.82. The molecule has 3 fully saturated rings. The van der Waals surface area contributed by atoms with E-state index in [0.717, 1.165) is 45.8 Å². The molecule has 0 unspecified atom stereocenters. The average molecular weight is 267 g/mol. The molecule has 4 heteroatoms. The largest absolute Gasteiger partial charge is 0.382 e. The summed E-state index contributed by atoms with van der Waals surface area (Å²) in [6.07, 6.45) is 2.43. The van der Waals surface area contributed by atoms with Gasteiger partial charge in [-0.25, -0.2) is 0 Å². The normalized spacial score (nSPS) is 40.5. The van der Waals surface area contributed by atoms with Crippen molar-refractivity contribution < 1.29 is 14.3 Å². The molecule has 2 saturated heterocycles. The van der Waals surface area contributed by atoms with Crippen molar-refractivity contribution in [1.82, 2.24) is 4.90 Å². The molecular weight excluding hydrogens is 242 g/mol. The van der Waals surface area contributed by atoms with Crippen LogP contribution in [0.15, 0.2) is 0 Å². The van der Waals surface area contributed by atoms with Crippen molar-refractivity contribution >= 4 is 5.91 Å². The van der Waals surface area contributed by atoms with E-state index in [1.807, 2.05) is 6.92 Å². The first-order valence-electron chi connectivity index (χ1n) is 7.68. The highest BCUT2D eigenvalue weighted by atomic mass is 16.5. The number of amides is 1. The van der Waals surface area contributed by atoms with Gasteiger partial charge in [0.05, 0.1) is 12.7 Å². The molecule has 1 saturated carbocycles. The summed E-state index contributed by atoms with van der Waals surface area (Å²) in [6, 6.07) is 0. The molecule has 0 aromatic rings. The van der Waals surface area contributed by atoms with Crippen LogP contribution >= 0.6 is 0 Å². The third-order valence-corrected chi connectivity index (χ3v) is 5.01. The number of carbonyl (C=O) groups is 1. The van der Waals surface area contributed by atoms with Crippen LogP contribution in [0.2, 0.25) is 0 Å². The van der Waals surface area contributed by atoms with E-state index in [1.165, 1.54) is 0 Å². The van der Waals surface area contributed by atoms with Gasteiger partial charge in [0.25, 0.3) is 0 Å². The van der Waals surface area contributed by atoms with Crippen molar-refractivity contribution in [3.8, 4) is 0 Å². The van der Waals surface area contributed by atoms with Crippen LogP contribution in [-0.4, -0.2) is 49.8 Å². The van der Waals surface area contributed by atoms with E-state index in [4.69, 9.17) is 9.47 Å². The standard InChI is InChI=1S/C15H25NO3/c1-3-18-5-4-11-9-19-14-8-16(7-13(11)14)15(17)12-6-10(12)2/h10-14H,3-9H2,1-2H3/t10-,11-,12+,13-,14-/m0/s1. The van der Waals surface area contributed by atoms with Gasteiger partial charge in [0, 0.05) is 38.1 Å². The maximum atomic E-state index is 12.3. The van der Waals surface area contributed by atoms with Crippen LogP contribution in [0.25, 0.3) is 0 Å². The second-order valence-corrected chi connectivity index (χ2v) is 6.34. The lowest BCUT2D eigenvalue weighted by Gasteiger charge is -2.20. The smallest absolute Gasteiger partial charge is 0.226 e. The minimum absolute atomic E-state index is 0.282. The quantitative estimate of drug-likeness (QED) is 0.709. The lowest BCUT2D eigenvalue weighted by Crippen LogP contribution is -2.32. The van der Waals surface area contributed by atoms with E-state index in [1.54, 1.807) is 0 Å². The molecule has 0 radical (unpaired) electrons. The first kappa shape index (κ1) is 13.4. The zero-order valence-corrected chi connectivity index (χ0v) is 12.0. The third-order valence-electron chi connectivity index (χ3n) is 5.01. The molecule has 3 aliphatic rings. The number of carbonyl (C=O) groups excluding carboxylic acids is 1. The molecule has 1 aliphatic carbocycles. The van der Waals surface area contributed by atoms with Gasteiger partial charge in [-0.3, -0.25) is 4.79 Å². The number of nitrogens with zero attached hydrogens (tertiary/aromatic N) is 1. The Morgan fingerprint density at radius 2 is 2.21 bits per heavy atom. The van der Waals surface area contributed by atoms with Crippen molar-refractivity contribution in [2.75, 3.05) is 32.9 Å². The lowest BCUT2D eigenvalue weighted by atomic mass is 9.91. The molecule has 3 rings (SSSR count). The molecule has 0 aromatic heterocycles. The molecule has 2 heterocycles. The van der Waals surface area contributed by atoms with E-state index >= 15 is 0 Å². The van der Waals surface area contributed by atoms with Crippen molar-refractivity contribution in [1.29, 1.82) is 0 Å². The lowest BCUT2D eigenvalue weighted by molar-refractivity contribution is -0.132. The second-order valence-electron chi connectivity index (χ2n) is 6.34. The zero-order valence-electron chi connectivity index (χ0n) is 12.0. The maximum absolute atomic E-state index is 12.3. The van der Waals surface area contributed by atoms with Crippen molar-refractivity contribution in [2.45, 2.75) is 32.8 Å². The molecule has 0 bridgehead atoms. The molecule has 0 spiro atoms. The molecule has 0 aromatic carbocycles. The first-order valence-corrected chi connectivity index (χ1v) is 7.68. The Hall–Kier alpha value is -0.610. The predicted octanol–water partition coefficient (Wildman–Crippen LogP) is 1.54. The van der Waals surface area contributed by atoms with Crippen molar-refractivity contribution in [2.24, 2.45) is 23.7 Å². The average Bonchev–Trinajstić information content (AvgIpc) is 2.84. The minimum Gasteiger partial charge on any atom is -0.382 e. The van der Waals surface area contributed by atoms with E-state index in [-0.39, 0.29) is 6.10 Å². The Kier molecular flexibility index (Phi) is 3.81. The molecule has 108 valence electrons. The number of fused-ring (bicyclic) bond motifs is 1. The number of hydrogen-bond acceptors (Lipinski definition) is 3. The summed E-state index contributed by atoms with van der Waals surface area (Å²) >= 11 is 0. The van der Waals surface area contributed by atoms with Crippen molar-refractivity contribution in [3.63, 3.8) is 0 Å². The fraction of sp³-hybridized carbons (Fsp3) is 0.933. The Morgan fingerprint density at radius 3 is 2.89 bits per heavy atom. The molecule has 2 aliphatic heterocycles. The molecule has 19 heavy (non-hydrogen) atoms. The third kappa shape index (κ3) is 2.65. The van der Waals surface area contributed by atoms with Crippen LogP contribution in [0, 0.1) is 23.7 Å². The fourth-order valence-corrected chi connectivity index (χ4v) is 3.56. The van der Waals surface area contributed by atoms with Crippen LogP contribution in [-0.2, 0) is 14.3 Å². The summed E-state index contributed by atoms with van der Waals surface area (Å²) in [7, 11) is 0. The maximum Gasteiger partial charge on any atom is 0.226 e. The van der Waals surface area contributed by atoms with Gasteiger partial charge in [-0.15, -0.1) is 0 Å². The van der Waals surface area contributed by atoms with E-state index < -0.39 is 0 Å². The van der Waals surface area contributed by atoms with Gasteiger partial charge in [0.1, 0.15) is 0 Å². The van der Waals surface area contributed by atoms with Gasteiger partial charge in [-0.1, -0.05) is 6.92 Å². The number of likely N-dealkylation sites (tertiary alicyclic amines) is 1. The summed E-state index contributed by atoms with van der Waals surface area (Å²) in [5, 5.41) is 0. The van der Waals surface area contributed by atoms with Gasteiger partial charge >= 0.3 is 0 Å². The first-order chi connectivity index (χ1) is 9.20. The summed E-state index contributed by atoms with van der Waals surface area (Å²) < 4.78 is 11.3. The van der Waals surface area contributed by atoms with Gasteiger partial charge in [-0.05, 0) is 31.6 Å². The van der Waals surface area contributed by atoms with Crippen LogP contribution in [0.4, 0.5) is 0 Å². The van der Waals surface area contributed by atoms with E-state index in [9.17, 15) is 4.79 Å². The van der Waals surface area contributed by atoms with Gasteiger partial charge in [0.2, 0.25) is 5.91 Å². The topological polar surface area (TPSA) is 38.8 Å². The summed E-state index contributed by atoms with van der Waals surface area (Å²) in [6.45, 7) is 8.38. The van der Waals surface area contributed by atoms with Crippen LogP contribution in [0.5, 0.6) is 0 Å². The molecule has 4 nitrogen and oxygen atoms in total. The Labute approximate surface area is 115 Å². The molecule has 0 N–H and O–H groups in total. The Bertz CT molecular complexity index is 346. The van der Waals surface area contributed by atoms with Gasteiger partial charge in [-0.2, -0.15) is 0 Å². The summed E-state index contributed by atoms with van der Waals surface area (Å²) in [5.74, 6) is 2.39. The monoisotopic (exact) mass is 267 g/mol. The van der Waals surface area contributed by atoms with E-state index in [2.05, 4.69) is 11.8 Å². The Balaban J connectivity index is 1.51. The van der Waals surface area contributed by atoms with Gasteiger partial charge < -0.3 is 14.4 Å². The van der Waals surface area contributed by atoms with Crippen LogP contribution in [0.3, 0.4) is 0 Å². The van der Waals surface area contributed by atoms with E-state index in [0.29, 0.717) is 29.6 Å². The number of ether oxygens (including phenoxy) is 2. The minimum atomic E-state index is 0.282. The summed E-state index contributed by atoms with van der Waals surface area (Å²) in [4.78, 5) is 14.3. The number of hydrogen-bond donors (Lipinski definition) is 0. The zero-order chi connectivity index (χ0) is 13.4. The summed E-state index contributed by atoms with van der Waals surface area (Å²) in [5.41, 5.74) is 0. The molecular formula is C15H25NO3. The van der Waals surface area contributed by atoms with Gasteiger partial charge in [0.15, 0.2) is 0 Å². The molecule has 5 atom stereocenters. The molecule has 1 amide bonds. The SMILES string of the molecule is CCOCC[C@H]1CO[C@H]2CN(C(=O)[C@@H]3C[C@@H]3C)C[C@@H]12. The second kappa shape index (κ2) is 5.41. The Morgan fingerprint density at radius 1 is 1.42 bits per heavy atom. The highest BCUT2D eigenvalue weighted by Gasteiger charge is 2.49. The van der Waals surface area contributed by atoms with Crippen LogP contribution < -0.4 is 0 Å². The fourth-order valence-electron chi connectivity index (χ4n) is 3.56. The van der Waals surface area contributed by atoms with Crippen molar-refractivity contribution in [3.05, 3.63) is 0 Å². The van der Waals surface area contributed by atoms with Crippen LogP contribution in [0.1, 0.15) is 26.7 Å².